The van der Waals surface area contributed by atoms with Crippen LogP contribution in [-0.2, 0) is 4.74 Å². The second kappa shape index (κ2) is 8.30. The van der Waals surface area contributed by atoms with Gasteiger partial charge in [0.1, 0.15) is 5.82 Å². The predicted octanol–water partition coefficient (Wildman–Crippen LogP) is 6.46. The highest BCUT2D eigenvalue weighted by molar-refractivity contribution is 8.02. The molecule has 1 saturated carbocycles. The van der Waals surface area contributed by atoms with Gasteiger partial charge in [0.2, 0.25) is 0 Å². The molecule has 2 fully saturated rings. The number of anilines is 1. The molecule has 4 heteroatoms. The van der Waals surface area contributed by atoms with Gasteiger partial charge in [0.15, 0.2) is 0 Å². The second-order valence-corrected chi connectivity index (χ2v) is 9.36. The van der Waals surface area contributed by atoms with E-state index in [0.29, 0.717) is 12.5 Å². The Hall–Kier alpha value is -1.78. The highest BCUT2D eigenvalue weighted by atomic mass is 32.2. The van der Waals surface area contributed by atoms with Crippen molar-refractivity contribution in [3.05, 3.63) is 70.4 Å². The SMILES string of the molecule is Cc1ccc(N)c(C2CCC3(CCC(=CSc4ccc(F)cc4)COC3)C2)c1. The Morgan fingerprint density at radius 1 is 1.18 bits per heavy atom. The molecule has 28 heavy (non-hydrogen) atoms. The molecular weight excluding hydrogens is 369 g/mol. The quantitative estimate of drug-likeness (QED) is 0.477. The van der Waals surface area contributed by atoms with Crippen molar-refractivity contribution in [2.75, 3.05) is 18.9 Å². The number of rotatable bonds is 3. The molecule has 2 unspecified atom stereocenters. The summed E-state index contributed by atoms with van der Waals surface area (Å²) in [5.74, 6) is 0.351. The van der Waals surface area contributed by atoms with Crippen molar-refractivity contribution in [1.82, 2.24) is 0 Å². The number of hydrogen-bond acceptors (Lipinski definition) is 3. The number of halogens is 1. The number of hydrogen-bond donors (Lipinski definition) is 1. The van der Waals surface area contributed by atoms with Crippen LogP contribution < -0.4 is 5.73 Å². The molecule has 2 atom stereocenters. The first-order chi connectivity index (χ1) is 13.5. The molecule has 1 spiro atoms. The molecule has 2 nitrogen and oxygen atoms in total. The number of benzene rings is 2. The number of thioether (sulfide) groups is 1. The zero-order valence-electron chi connectivity index (χ0n) is 16.4. The fourth-order valence-electron chi connectivity index (χ4n) is 4.60. The first kappa shape index (κ1) is 19.5. The summed E-state index contributed by atoms with van der Waals surface area (Å²) in [5.41, 5.74) is 11.4. The van der Waals surface area contributed by atoms with Crippen LogP contribution in [0.1, 0.15) is 49.1 Å². The fourth-order valence-corrected chi connectivity index (χ4v) is 5.39. The molecule has 0 amide bonds. The third kappa shape index (κ3) is 4.44. The lowest BCUT2D eigenvalue weighted by Gasteiger charge is -2.27. The van der Waals surface area contributed by atoms with Gasteiger partial charge in [0.05, 0.1) is 13.2 Å². The van der Waals surface area contributed by atoms with E-state index in [1.807, 2.05) is 18.2 Å². The third-order valence-electron chi connectivity index (χ3n) is 6.23. The smallest absolute Gasteiger partial charge is 0.123 e. The van der Waals surface area contributed by atoms with Crippen LogP contribution in [0, 0.1) is 18.2 Å². The summed E-state index contributed by atoms with van der Waals surface area (Å²) >= 11 is 1.65. The van der Waals surface area contributed by atoms with E-state index in [9.17, 15) is 4.39 Å². The third-order valence-corrected chi connectivity index (χ3v) is 7.23. The Morgan fingerprint density at radius 3 is 2.82 bits per heavy atom. The lowest BCUT2D eigenvalue weighted by molar-refractivity contribution is 0.0691. The summed E-state index contributed by atoms with van der Waals surface area (Å²) in [6.45, 7) is 3.68. The zero-order valence-corrected chi connectivity index (χ0v) is 17.2. The maximum absolute atomic E-state index is 13.1. The van der Waals surface area contributed by atoms with Gasteiger partial charge in [-0.15, -0.1) is 0 Å². The first-order valence-electron chi connectivity index (χ1n) is 10.1. The minimum absolute atomic E-state index is 0.193. The van der Waals surface area contributed by atoms with Crippen molar-refractivity contribution in [1.29, 1.82) is 0 Å². The standard InChI is InChI=1S/C24H28FNOS/c1-17-2-7-23(26)22(12-17)19-9-11-24(13-19)10-8-18(14-27-16-24)15-28-21-5-3-20(25)4-6-21/h2-7,12,15,19H,8-11,13-14,16,26H2,1H3. The van der Waals surface area contributed by atoms with Crippen molar-refractivity contribution >= 4 is 17.4 Å². The van der Waals surface area contributed by atoms with Crippen molar-refractivity contribution in [3.8, 4) is 0 Å². The molecule has 4 rings (SSSR count). The van der Waals surface area contributed by atoms with Gasteiger partial charge >= 0.3 is 0 Å². The molecule has 2 aliphatic rings. The van der Waals surface area contributed by atoms with Gasteiger partial charge in [0.25, 0.3) is 0 Å². The summed E-state index contributed by atoms with van der Waals surface area (Å²) in [5, 5.41) is 2.19. The molecular formula is C24H28FNOS. The van der Waals surface area contributed by atoms with Gasteiger partial charge in [-0.2, -0.15) is 0 Å². The molecule has 1 aliphatic carbocycles. The first-order valence-corrected chi connectivity index (χ1v) is 10.9. The van der Waals surface area contributed by atoms with Gasteiger partial charge in [0, 0.05) is 10.6 Å². The van der Waals surface area contributed by atoms with Crippen molar-refractivity contribution in [2.24, 2.45) is 5.41 Å². The van der Waals surface area contributed by atoms with Crippen LogP contribution in [0.25, 0.3) is 0 Å². The normalized spacial score (nSPS) is 26.6. The maximum Gasteiger partial charge on any atom is 0.123 e. The summed E-state index contributed by atoms with van der Waals surface area (Å²) in [6.07, 6.45) is 5.82. The summed E-state index contributed by atoms with van der Waals surface area (Å²) in [4.78, 5) is 1.06. The van der Waals surface area contributed by atoms with E-state index in [2.05, 4.69) is 24.5 Å². The Bertz CT molecular complexity index is 863. The Kier molecular flexibility index (Phi) is 5.79. The average Bonchev–Trinajstić information content (AvgIpc) is 3.00. The van der Waals surface area contributed by atoms with E-state index in [4.69, 9.17) is 10.5 Å². The van der Waals surface area contributed by atoms with Gasteiger partial charge in [-0.05, 0) is 97.2 Å². The van der Waals surface area contributed by atoms with E-state index in [0.717, 1.165) is 23.6 Å². The Morgan fingerprint density at radius 2 is 2.00 bits per heavy atom. The number of nitrogen functional groups attached to an aromatic ring is 1. The lowest BCUT2D eigenvalue weighted by Crippen LogP contribution is -2.22. The zero-order chi connectivity index (χ0) is 19.6. The predicted molar refractivity (Wildman–Crippen MR) is 115 cm³/mol. The number of ether oxygens (including phenoxy) is 1. The van der Waals surface area contributed by atoms with Crippen LogP contribution in [0.15, 0.2) is 58.3 Å². The van der Waals surface area contributed by atoms with Crippen LogP contribution in [-0.4, -0.2) is 13.2 Å². The van der Waals surface area contributed by atoms with Crippen LogP contribution in [0.5, 0.6) is 0 Å². The minimum atomic E-state index is -0.193. The minimum Gasteiger partial charge on any atom is -0.398 e. The van der Waals surface area contributed by atoms with E-state index >= 15 is 0 Å². The molecule has 0 bridgehead atoms. The van der Waals surface area contributed by atoms with Crippen molar-refractivity contribution in [3.63, 3.8) is 0 Å². The molecule has 2 aromatic rings. The van der Waals surface area contributed by atoms with E-state index in [1.54, 1.807) is 11.8 Å². The Balaban J connectivity index is 1.40. The van der Waals surface area contributed by atoms with Crippen molar-refractivity contribution < 1.29 is 9.13 Å². The highest BCUT2D eigenvalue weighted by Gasteiger charge is 2.41. The summed E-state index contributed by atoms with van der Waals surface area (Å²) in [7, 11) is 0. The Labute approximate surface area is 171 Å². The van der Waals surface area contributed by atoms with Gasteiger partial charge in [-0.25, -0.2) is 4.39 Å². The molecule has 1 aliphatic heterocycles. The van der Waals surface area contributed by atoms with Crippen molar-refractivity contribution in [2.45, 2.75) is 49.8 Å². The summed E-state index contributed by atoms with van der Waals surface area (Å²) < 4.78 is 19.2. The van der Waals surface area contributed by atoms with E-state index in [-0.39, 0.29) is 11.2 Å². The maximum atomic E-state index is 13.1. The van der Waals surface area contributed by atoms with Crippen LogP contribution in [0.2, 0.25) is 0 Å². The van der Waals surface area contributed by atoms with Crippen LogP contribution >= 0.6 is 11.8 Å². The molecule has 148 valence electrons. The van der Waals surface area contributed by atoms with E-state index in [1.165, 1.54) is 54.5 Å². The van der Waals surface area contributed by atoms with Gasteiger partial charge < -0.3 is 10.5 Å². The monoisotopic (exact) mass is 397 g/mol. The topological polar surface area (TPSA) is 35.2 Å². The van der Waals surface area contributed by atoms with Gasteiger partial charge in [-0.1, -0.05) is 29.5 Å². The number of nitrogens with two attached hydrogens (primary N) is 1. The molecule has 1 heterocycles. The van der Waals surface area contributed by atoms with Crippen LogP contribution in [0.4, 0.5) is 10.1 Å². The van der Waals surface area contributed by atoms with E-state index < -0.39 is 0 Å². The fraction of sp³-hybridized carbons (Fsp3) is 0.417. The molecule has 1 saturated heterocycles. The highest BCUT2D eigenvalue weighted by Crippen LogP contribution is 2.52. The molecule has 2 aromatic carbocycles. The molecule has 0 aromatic heterocycles. The average molecular weight is 398 g/mol. The molecule has 0 radical (unpaired) electrons. The summed E-state index contributed by atoms with van der Waals surface area (Å²) in [6, 6.07) is 13.1. The van der Waals surface area contributed by atoms with Gasteiger partial charge in [-0.3, -0.25) is 0 Å². The van der Waals surface area contributed by atoms with Crippen LogP contribution in [0.3, 0.4) is 0 Å². The second-order valence-electron chi connectivity index (χ2n) is 8.41. The molecule has 2 N–H and O–H groups in total. The largest absolute Gasteiger partial charge is 0.398 e. The number of aryl methyl sites for hydroxylation is 1. The lowest BCUT2D eigenvalue weighted by atomic mass is 9.80.